The summed E-state index contributed by atoms with van der Waals surface area (Å²) in [6, 6.07) is 55.3. The fraction of sp³-hybridized carbons (Fsp3) is 0.294. The number of nitrogens with two attached hydrogens (primary N) is 2. The third-order valence-electron chi connectivity index (χ3n) is 21.1. The van der Waals surface area contributed by atoms with Crippen molar-refractivity contribution in [2.75, 3.05) is 38.9 Å². The Morgan fingerprint density at radius 1 is 0.429 bits per heavy atom. The molecule has 8 aromatic carbocycles. The number of aromatic nitrogens is 4. The van der Waals surface area contributed by atoms with Gasteiger partial charge in [0.2, 0.25) is 0 Å². The monoisotopic (exact) mass is 1630 g/mol. The van der Waals surface area contributed by atoms with Crippen molar-refractivity contribution in [2.24, 2.45) is 0 Å². The van der Waals surface area contributed by atoms with Gasteiger partial charge in [-0.15, -0.1) is 0 Å². The Morgan fingerprint density at radius 3 is 1.21 bits per heavy atom. The van der Waals surface area contributed by atoms with Crippen LogP contribution in [0.25, 0.3) is 98.1 Å². The van der Waals surface area contributed by atoms with Crippen molar-refractivity contribution >= 4 is 188 Å². The third kappa shape index (κ3) is 18.2. The molecule has 19 nitrogen and oxygen atoms in total. The van der Waals surface area contributed by atoms with Crippen LogP contribution in [0.5, 0.6) is 11.5 Å². The molecular weight excluding hydrogens is 1540 g/mol. The lowest BCUT2D eigenvalue weighted by Crippen LogP contribution is -2.41. The number of methoxy groups -OCH3 is 2. The van der Waals surface area contributed by atoms with Crippen LogP contribution < -0.4 is 32.0 Å². The summed E-state index contributed by atoms with van der Waals surface area (Å²) < 4.78 is 64.4. The van der Waals surface area contributed by atoms with Gasteiger partial charge in [0, 0.05) is 76.4 Å². The summed E-state index contributed by atoms with van der Waals surface area (Å²) in [7, 11) is 0.164. The summed E-state index contributed by atoms with van der Waals surface area (Å²) in [5.74, 6) is 1.22. The molecular formula is C85H92B4BrCl3N6O13. The lowest BCUT2D eigenvalue weighted by Gasteiger charge is -2.32. The lowest BCUT2D eigenvalue weighted by molar-refractivity contribution is 0.00578. The maximum absolute atomic E-state index is 9.17. The van der Waals surface area contributed by atoms with E-state index in [-0.39, 0.29) is 29.8 Å². The first-order valence-electron chi connectivity index (χ1n) is 36.4. The molecule has 27 heteroatoms. The molecule has 4 aliphatic rings. The second-order valence-electron chi connectivity index (χ2n) is 30.1. The van der Waals surface area contributed by atoms with Crippen LogP contribution in [0.2, 0.25) is 15.5 Å². The van der Waals surface area contributed by atoms with Gasteiger partial charge in [-0.25, -0.2) is 15.0 Å². The summed E-state index contributed by atoms with van der Waals surface area (Å²) >= 11 is 21.1. The fourth-order valence-electron chi connectivity index (χ4n) is 12.8. The van der Waals surface area contributed by atoms with E-state index in [0.717, 1.165) is 106 Å². The standard InChI is InChI=1S/C21H20BNO3.C16H13ClN2O.C15H8ClNO.C12H24B2O4.C11H11BO3.C5H4BrClN2.C4H8O.CH4/c1-20(2)21(3,4)26-22(25-20)19-18-15-11-13-7-5-6-8-14(13)12-17(15)24-16(18)9-10-23-19;1-20-14-9-11-5-3-2-4-10(11)8-12(14)15-13(18)6-7-19-16(15)17;16-15-14-11-7-9-3-1-2-4-10(9)8-13(11)18-12(14)5-6-17-15;1-9(2)10(3,4)16-13(15-9)14-17-11(5,6)12(7,8)18-14;1-15-11-7-9-5-3-2-4-8(9)6-10(11)12(13)14;6-4-3(8)1-2-9-5(4)7;1-2-4-5-3-1;/h5-12H,1-4H3;2-9H,1H3,(H2,18,19);1-8H;1-8H3;2-7,13-14H,1H3;1-2H,(H2,8,9);1-4H2;1H4. The number of halogens is 4. The molecule has 0 unspecified atom stereocenters. The zero-order valence-corrected chi connectivity index (χ0v) is 68.3. The average molecular weight is 1640 g/mol. The maximum atomic E-state index is 9.17. The Hall–Kier alpha value is -8.55. The molecule has 0 spiro atoms. The minimum atomic E-state index is -1.51. The van der Waals surface area contributed by atoms with Crippen LogP contribution >= 0.6 is 50.7 Å². The van der Waals surface area contributed by atoms with Gasteiger partial charge in [-0.1, -0.05) is 145 Å². The highest BCUT2D eigenvalue weighted by molar-refractivity contribution is 9.10. The summed E-state index contributed by atoms with van der Waals surface area (Å²) in [5, 5.41) is 32.3. The van der Waals surface area contributed by atoms with E-state index in [1.54, 1.807) is 56.2 Å². The largest absolute Gasteiger partial charge is 0.515 e. The number of benzene rings is 8. The normalized spacial score (nSPS) is 16.6. The number of nitrogen functional groups attached to an aromatic ring is 2. The van der Waals surface area contributed by atoms with E-state index < -0.39 is 39.5 Å². The van der Waals surface area contributed by atoms with Crippen LogP contribution in [0.15, 0.2) is 208 Å². The molecule has 4 aliphatic heterocycles. The third-order valence-corrected chi connectivity index (χ3v) is 23.0. The van der Waals surface area contributed by atoms with E-state index >= 15 is 0 Å². The first-order chi connectivity index (χ1) is 52.7. The van der Waals surface area contributed by atoms with Crippen molar-refractivity contribution in [3.05, 3.63) is 215 Å². The second kappa shape index (κ2) is 34.6. The van der Waals surface area contributed by atoms with Crippen LogP contribution in [0.4, 0.5) is 11.4 Å². The Labute approximate surface area is 677 Å². The molecule has 4 fully saturated rings. The average Bonchev–Trinajstić information content (AvgIpc) is 1.60. The number of hydrogen-bond acceptors (Lipinski definition) is 19. The molecule has 0 atom stereocenters. The number of hydrogen-bond donors (Lipinski definition) is 4. The predicted molar refractivity (Wildman–Crippen MR) is 463 cm³/mol. The van der Waals surface area contributed by atoms with Gasteiger partial charge in [0.05, 0.1) is 69.0 Å². The van der Waals surface area contributed by atoms with Crippen LogP contribution in [0.1, 0.15) is 103 Å². The van der Waals surface area contributed by atoms with E-state index in [0.29, 0.717) is 48.1 Å². The van der Waals surface area contributed by atoms with Crippen LogP contribution in [-0.2, 0) is 32.7 Å². The van der Waals surface area contributed by atoms with Crippen molar-refractivity contribution in [1.29, 1.82) is 0 Å². The Bertz CT molecular complexity index is 5560. The highest BCUT2D eigenvalue weighted by Crippen LogP contribution is 2.45. The highest BCUT2D eigenvalue weighted by Gasteiger charge is 2.64. The summed E-state index contributed by atoms with van der Waals surface area (Å²) in [6.45, 7) is 26.4. The molecule has 0 radical (unpaired) electrons. The van der Waals surface area contributed by atoms with Gasteiger partial charge in [0.15, 0.2) is 0 Å². The van der Waals surface area contributed by atoms with Gasteiger partial charge in [0.25, 0.3) is 0 Å². The van der Waals surface area contributed by atoms with Gasteiger partial charge in [-0.05, 0) is 222 Å². The van der Waals surface area contributed by atoms with E-state index in [2.05, 4.69) is 78.3 Å². The van der Waals surface area contributed by atoms with E-state index in [9.17, 15) is 10.0 Å². The SMILES string of the molecule is C.C1CCOC1.CC1(C)OB(B2OC(C)(C)C(C)(C)O2)OC1(C)C.CC1(C)OB(c2nccc3oc4cc5ccccc5cc4c23)OC1(C)C.COc1cc2ccccc2cc1-c1c(N)ccnc1Cl.COc1cc2ccccc2cc1B(O)O.Clc1nccc2oc3cc4ccccc4cc3c12.Nc1ccnc(Cl)c1Br. The minimum Gasteiger partial charge on any atom is -0.497 e. The summed E-state index contributed by atoms with van der Waals surface area (Å²) in [4.78, 5) is 16.6. The van der Waals surface area contributed by atoms with Crippen molar-refractivity contribution in [3.63, 3.8) is 0 Å². The highest BCUT2D eigenvalue weighted by atomic mass is 79.9. The molecule has 10 heterocycles. The van der Waals surface area contributed by atoms with Crippen molar-refractivity contribution in [2.45, 2.75) is 137 Å². The quantitative estimate of drug-likeness (QED) is 0.0891. The van der Waals surface area contributed by atoms with E-state index in [1.165, 1.54) is 30.7 Å². The van der Waals surface area contributed by atoms with Crippen molar-refractivity contribution in [1.82, 2.24) is 19.9 Å². The van der Waals surface area contributed by atoms with Crippen LogP contribution in [0.3, 0.4) is 0 Å². The molecule has 14 aromatic rings. The minimum absolute atomic E-state index is 0. The topological polar surface area (TPSA) is 253 Å². The second-order valence-corrected chi connectivity index (χ2v) is 31.9. The Morgan fingerprint density at radius 2 is 0.795 bits per heavy atom. The summed E-state index contributed by atoms with van der Waals surface area (Å²) in [5.41, 5.74) is 16.4. The molecule has 6 aromatic heterocycles. The predicted octanol–water partition coefficient (Wildman–Crippen LogP) is 19.7. The number of nitrogens with zero attached hydrogens (tertiary/aromatic N) is 4. The summed E-state index contributed by atoms with van der Waals surface area (Å²) in [6.07, 6.45) is 9.12. The van der Waals surface area contributed by atoms with Gasteiger partial charge < -0.3 is 72.5 Å². The first-order valence-corrected chi connectivity index (χ1v) is 38.3. The number of ether oxygens (including phenoxy) is 3. The molecule has 0 amide bonds. The molecule has 0 bridgehead atoms. The number of furan rings is 2. The molecule has 18 rings (SSSR count). The Kier molecular flexibility index (Phi) is 26.1. The molecule has 0 aliphatic carbocycles. The number of rotatable bonds is 6. The molecule has 0 saturated carbocycles. The molecule has 6 N–H and O–H groups in total. The number of anilines is 2. The molecule has 580 valence electrons. The van der Waals surface area contributed by atoms with Crippen molar-refractivity contribution in [3.8, 4) is 22.6 Å². The molecule has 112 heavy (non-hydrogen) atoms. The number of fused-ring (bicyclic) bond motifs is 10. The van der Waals surface area contributed by atoms with Gasteiger partial charge in [0.1, 0.15) is 49.3 Å². The zero-order chi connectivity index (χ0) is 79.5. The first kappa shape index (κ1) is 84.4. The smallest absolute Gasteiger partial charge is 0.497 e. The molecule has 4 saturated heterocycles. The van der Waals surface area contributed by atoms with E-state index in [1.807, 2.05) is 186 Å². The van der Waals surface area contributed by atoms with E-state index in [4.69, 9.17) is 97.2 Å². The van der Waals surface area contributed by atoms with Gasteiger partial charge in [-0.2, -0.15) is 0 Å². The van der Waals surface area contributed by atoms with Gasteiger partial charge >= 0.3 is 28.3 Å². The fourth-order valence-corrected chi connectivity index (χ4v) is 13.7. The number of pyridine rings is 4. The van der Waals surface area contributed by atoms with Crippen LogP contribution in [0, 0.1) is 0 Å². The maximum Gasteiger partial charge on any atom is 0.515 e. The Balaban J connectivity index is 0.000000133. The van der Waals surface area contributed by atoms with Crippen molar-refractivity contribution < 1.29 is 61.0 Å². The van der Waals surface area contributed by atoms with Gasteiger partial charge in [-0.3, -0.25) is 4.98 Å². The van der Waals surface area contributed by atoms with Crippen LogP contribution in [-0.4, -0.2) is 119 Å². The zero-order valence-electron chi connectivity index (χ0n) is 64.5. The lowest BCUT2D eigenvalue weighted by atomic mass is 9.49.